The van der Waals surface area contributed by atoms with Gasteiger partial charge in [0.25, 0.3) is 17.7 Å². The molecule has 1 heterocycles. The first kappa shape index (κ1) is 18.1. The molecule has 0 radical (unpaired) electrons. The molecule has 0 fully saturated rings. The van der Waals surface area contributed by atoms with Crippen LogP contribution < -0.4 is 5.32 Å². The first-order chi connectivity index (χ1) is 12.1. The minimum atomic E-state index is -3.50. The summed E-state index contributed by atoms with van der Waals surface area (Å²) in [6.07, 6.45) is 1.03. The molecule has 1 aliphatic heterocycles. The number of benzene rings is 2. The zero-order valence-electron chi connectivity index (χ0n) is 13.7. The Morgan fingerprint density at radius 3 is 2.35 bits per heavy atom. The highest BCUT2D eigenvalue weighted by molar-refractivity contribution is 7.90. The molecule has 0 saturated heterocycles. The van der Waals surface area contributed by atoms with E-state index in [4.69, 9.17) is 11.6 Å². The lowest BCUT2D eigenvalue weighted by Crippen LogP contribution is -2.24. The largest absolute Gasteiger partial charge is 0.322 e. The van der Waals surface area contributed by atoms with Crippen LogP contribution in [0.4, 0.5) is 5.69 Å². The summed E-state index contributed by atoms with van der Waals surface area (Å²) in [6.45, 7) is 0. The van der Waals surface area contributed by atoms with E-state index in [0.29, 0.717) is 0 Å². The molecule has 0 bridgehead atoms. The summed E-state index contributed by atoms with van der Waals surface area (Å²) in [5, 5.41) is 2.64. The van der Waals surface area contributed by atoms with Crippen LogP contribution in [0.1, 0.15) is 31.1 Å². The van der Waals surface area contributed by atoms with Crippen molar-refractivity contribution in [2.24, 2.45) is 0 Å². The normalized spacial score (nSPS) is 13.7. The summed E-state index contributed by atoms with van der Waals surface area (Å²) in [6, 6.07) is 8.14. The molecule has 1 N–H and O–H groups in total. The van der Waals surface area contributed by atoms with Crippen molar-refractivity contribution in [3.05, 3.63) is 58.1 Å². The number of nitrogens with one attached hydrogen (secondary N) is 1. The van der Waals surface area contributed by atoms with Crippen molar-refractivity contribution in [1.82, 2.24) is 4.90 Å². The molecule has 1 aliphatic rings. The van der Waals surface area contributed by atoms with Crippen LogP contribution in [-0.4, -0.2) is 44.3 Å². The van der Waals surface area contributed by atoms with E-state index in [1.54, 1.807) is 0 Å². The quantitative estimate of drug-likeness (QED) is 0.807. The Morgan fingerprint density at radius 2 is 1.69 bits per heavy atom. The van der Waals surface area contributed by atoms with Gasteiger partial charge in [-0.15, -0.1) is 0 Å². The van der Waals surface area contributed by atoms with E-state index in [1.165, 1.54) is 43.4 Å². The lowest BCUT2D eigenvalue weighted by atomic mass is 10.1. The smallest absolute Gasteiger partial charge is 0.261 e. The minimum Gasteiger partial charge on any atom is -0.322 e. The molecule has 0 aromatic heterocycles. The highest BCUT2D eigenvalue weighted by atomic mass is 35.5. The number of amides is 3. The Bertz CT molecular complexity index is 1080. The SMILES string of the molecule is CN1C(=O)c2ccc(NC(=O)c3cc(S(C)(=O)=O)ccc3Cl)cc2C1=O. The van der Waals surface area contributed by atoms with Crippen molar-refractivity contribution >= 4 is 44.8 Å². The zero-order chi connectivity index (χ0) is 19.2. The number of imide groups is 1. The third-order valence-corrected chi connectivity index (χ3v) is 5.40. The molecule has 0 saturated carbocycles. The van der Waals surface area contributed by atoms with Gasteiger partial charge in [0.2, 0.25) is 0 Å². The van der Waals surface area contributed by atoms with Crippen LogP contribution >= 0.6 is 11.6 Å². The number of nitrogens with zero attached hydrogens (tertiary/aromatic N) is 1. The van der Waals surface area contributed by atoms with Gasteiger partial charge in [-0.2, -0.15) is 0 Å². The fraction of sp³-hybridized carbons (Fsp3) is 0.118. The van der Waals surface area contributed by atoms with Gasteiger partial charge < -0.3 is 5.32 Å². The summed E-state index contributed by atoms with van der Waals surface area (Å²) in [5.41, 5.74) is 0.708. The highest BCUT2D eigenvalue weighted by Crippen LogP contribution is 2.26. The summed E-state index contributed by atoms with van der Waals surface area (Å²) >= 11 is 6.00. The average Bonchev–Trinajstić information content (AvgIpc) is 2.78. The molecule has 0 aliphatic carbocycles. The Morgan fingerprint density at radius 1 is 1.04 bits per heavy atom. The number of hydrogen-bond donors (Lipinski definition) is 1. The van der Waals surface area contributed by atoms with Gasteiger partial charge in [0.15, 0.2) is 9.84 Å². The molecule has 3 rings (SSSR count). The van der Waals surface area contributed by atoms with Crippen LogP contribution in [0.2, 0.25) is 5.02 Å². The van der Waals surface area contributed by atoms with E-state index >= 15 is 0 Å². The van der Waals surface area contributed by atoms with E-state index in [9.17, 15) is 22.8 Å². The van der Waals surface area contributed by atoms with Gasteiger partial charge in [0.1, 0.15) is 0 Å². The predicted octanol–water partition coefficient (Wildman–Crippen LogP) is 2.22. The van der Waals surface area contributed by atoms with Crippen LogP contribution in [0.25, 0.3) is 0 Å². The van der Waals surface area contributed by atoms with Crippen molar-refractivity contribution in [3.63, 3.8) is 0 Å². The van der Waals surface area contributed by atoms with Gasteiger partial charge >= 0.3 is 0 Å². The third-order valence-electron chi connectivity index (χ3n) is 3.96. The predicted molar refractivity (Wildman–Crippen MR) is 95.4 cm³/mol. The second-order valence-corrected chi connectivity index (χ2v) is 8.22. The summed E-state index contributed by atoms with van der Waals surface area (Å²) in [5.74, 6) is -1.50. The number of halogens is 1. The van der Waals surface area contributed by atoms with Crippen molar-refractivity contribution in [2.75, 3.05) is 18.6 Å². The Hall–Kier alpha value is -2.71. The standard InChI is InChI=1S/C17H13ClN2O5S/c1-20-16(22)11-5-3-9(7-12(11)17(20)23)19-15(21)13-8-10(26(2,24)25)4-6-14(13)18/h3-8H,1-2H3,(H,19,21). The van der Waals surface area contributed by atoms with Gasteiger partial charge in [0, 0.05) is 19.0 Å². The van der Waals surface area contributed by atoms with E-state index in [-0.39, 0.29) is 32.3 Å². The second-order valence-electron chi connectivity index (χ2n) is 5.80. The van der Waals surface area contributed by atoms with Crippen LogP contribution in [0.3, 0.4) is 0 Å². The minimum absolute atomic E-state index is 0.0189. The Kier molecular flexibility index (Phi) is 4.33. The van der Waals surface area contributed by atoms with E-state index in [1.807, 2.05) is 0 Å². The Labute approximate surface area is 154 Å². The van der Waals surface area contributed by atoms with Crippen LogP contribution in [0.5, 0.6) is 0 Å². The highest BCUT2D eigenvalue weighted by Gasteiger charge is 2.32. The number of carbonyl (C=O) groups is 3. The third kappa shape index (κ3) is 3.09. The summed E-state index contributed by atoms with van der Waals surface area (Å²) < 4.78 is 23.3. The summed E-state index contributed by atoms with van der Waals surface area (Å²) in [4.78, 5) is 37.3. The lowest BCUT2D eigenvalue weighted by Gasteiger charge is -2.09. The number of rotatable bonds is 3. The van der Waals surface area contributed by atoms with Crippen LogP contribution in [-0.2, 0) is 9.84 Å². The molecule has 134 valence electrons. The number of carbonyl (C=O) groups excluding carboxylic acids is 3. The topological polar surface area (TPSA) is 101 Å². The molecular formula is C17H13ClN2O5S. The second kappa shape index (κ2) is 6.22. The first-order valence-corrected chi connectivity index (χ1v) is 9.64. The molecule has 2 aromatic rings. The van der Waals surface area contributed by atoms with Gasteiger partial charge in [-0.1, -0.05) is 11.6 Å². The fourth-order valence-corrected chi connectivity index (χ4v) is 3.40. The average molecular weight is 393 g/mol. The molecule has 0 spiro atoms. The number of fused-ring (bicyclic) bond motifs is 1. The molecule has 2 aromatic carbocycles. The molecule has 7 nitrogen and oxygen atoms in total. The first-order valence-electron chi connectivity index (χ1n) is 7.37. The van der Waals surface area contributed by atoms with Gasteiger partial charge in [0.05, 0.1) is 26.6 Å². The molecule has 9 heteroatoms. The van der Waals surface area contributed by atoms with Gasteiger partial charge in [-0.25, -0.2) is 8.42 Å². The fourth-order valence-electron chi connectivity index (χ4n) is 2.55. The van der Waals surface area contributed by atoms with Crippen LogP contribution in [0.15, 0.2) is 41.3 Å². The van der Waals surface area contributed by atoms with E-state index < -0.39 is 27.6 Å². The van der Waals surface area contributed by atoms with E-state index in [0.717, 1.165) is 11.2 Å². The molecular weight excluding hydrogens is 380 g/mol. The maximum Gasteiger partial charge on any atom is 0.261 e. The Balaban J connectivity index is 1.93. The number of sulfone groups is 1. The molecule has 3 amide bonds. The van der Waals surface area contributed by atoms with Gasteiger partial charge in [-0.05, 0) is 36.4 Å². The van der Waals surface area contributed by atoms with Crippen molar-refractivity contribution < 1.29 is 22.8 Å². The maximum atomic E-state index is 12.5. The molecule has 0 unspecified atom stereocenters. The van der Waals surface area contributed by atoms with E-state index in [2.05, 4.69) is 5.32 Å². The lowest BCUT2D eigenvalue weighted by molar-refractivity contribution is 0.0692. The summed E-state index contributed by atoms with van der Waals surface area (Å²) in [7, 11) is -2.13. The van der Waals surface area contributed by atoms with Crippen molar-refractivity contribution in [3.8, 4) is 0 Å². The van der Waals surface area contributed by atoms with Crippen LogP contribution in [0, 0.1) is 0 Å². The monoisotopic (exact) mass is 392 g/mol. The molecule has 26 heavy (non-hydrogen) atoms. The van der Waals surface area contributed by atoms with Gasteiger partial charge in [-0.3, -0.25) is 19.3 Å². The number of hydrogen-bond acceptors (Lipinski definition) is 5. The van der Waals surface area contributed by atoms with Crippen molar-refractivity contribution in [2.45, 2.75) is 4.90 Å². The number of anilines is 1. The van der Waals surface area contributed by atoms with Crippen molar-refractivity contribution in [1.29, 1.82) is 0 Å². The molecule has 0 atom stereocenters. The maximum absolute atomic E-state index is 12.5. The zero-order valence-corrected chi connectivity index (χ0v) is 15.3.